The minimum Gasteiger partial charge on any atom is -0.306 e. The molecule has 0 radical (unpaired) electrons. The quantitative estimate of drug-likeness (QED) is 0.559. The van der Waals surface area contributed by atoms with Crippen LogP contribution in [0, 0.1) is 19.7 Å². The number of hydrogen-bond donors (Lipinski definition) is 1. The van der Waals surface area contributed by atoms with Crippen LogP contribution in [0.15, 0.2) is 66.9 Å². The van der Waals surface area contributed by atoms with Gasteiger partial charge in [-0.05, 0) is 62.4 Å². The molecule has 0 fully saturated rings. The number of fused-ring (bicyclic) bond motifs is 1. The number of imidazole rings is 1. The van der Waals surface area contributed by atoms with Gasteiger partial charge in [0.1, 0.15) is 23.0 Å². The highest BCUT2D eigenvalue weighted by molar-refractivity contribution is 6.05. The van der Waals surface area contributed by atoms with E-state index in [1.54, 1.807) is 0 Å². The number of hydrogen-bond acceptors (Lipinski definition) is 2. The maximum atomic E-state index is 13.2. The lowest BCUT2D eigenvalue weighted by atomic mass is 10.0. The first kappa shape index (κ1) is 17.0. The number of amides is 1. The van der Waals surface area contributed by atoms with Crippen molar-refractivity contribution < 1.29 is 9.18 Å². The molecule has 134 valence electrons. The second-order valence-electron chi connectivity index (χ2n) is 6.58. The summed E-state index contributed by atoms with van der Waals surface area (Å²) in [5.41, 5.74) is 5.00. The lowest BCUT2D eigenvalue weighted by Crippen LogP contribution is -2.14. The normalized spacial score (nSPS) is 10.9. The largest absolute Gasteiger partial charge is 0.306 e. The molecule has 5 heteroatoms. The van der Waals surface area contributed by atoms with Gasteiger partial charge in [-0.1, -0.05) is 23.3 Å². The molecular formula is C22H18FN3O. The van der Waals surface area contributed by atoms with E-state index in [0.717, 1.165) is 22.3 Å². The molecule has 0 saturated carbocycles. The van der Waals surface area contributed by atoms with Crippen molar-refractivity contribution in [3.05, 3.63) is 89.4 Å². The fraction of sp³-hybridized carbons (Fsp3) is 0.0909. The van der Waals surface area contributed by atoms with Crippen molar-refractivity contribution in [3.63, 3.8) is 0 Å². The van der Waals surface area contributed by atoms with Crippen molar-refractivity contribution in [1.29, 1.82) is 0 Å². The van der Waals surface area contributed by atoms with Gasteiger partial charge in [0, 0.05) is 17.3 Å². The molecule has 0 aliphatic carbocycles. The topological polar surface area (TPSA) is 46.4 Å². The predicted octanol–water partition coefficient (Wildman–Crippen LogP) is 5.01. The molecule has 4 aromatic rings. The lowest BCUT2D eigenvalue weighted by Gasteiger charge is -2.09. The van der Waals surface area contributed by atoms with Gasteiger partial charge in [-0.2, -0.15) is 0 Å². The Balaban J connectivity index is 1.83. The third-order valence-electron chi connectivity index (χ3n) is 4.36. The fourth-order valence-corrected chi connectivity index (χ4v) is 3.21. The summed E-state index contributed by atoms with van der Waals surface area (Å²) in [6.07, 6.45) is 1.86. The fourth-order valence-electron chi connectivity index (χ4n) is 3.21. The molecule has 0 bridgehead atoms. The van der Waals surface area contributed by atoms with Crippen molar-refractivity contribution >= 4 is 17.4 Å². The van der Waals surface area contributed by atoms with Crippen LogP contribution in [0.25, 0.3) is 16.9 Å². The van der Waals surface area contributed by atoms with Crippen molar-refractivity contribution in [2.75, 3.05) is 5.32 Å². The number of rotatable bonds is 3. The van der Waals surface area contributed by atoms with E-state index in [4.69, 9.17) is 4.98 Å². The summed E-state index contributed by atoms with van der Waals surface area (Å²) in [6, 6.07) is 17.3. The number of aromatic nitrogens is 2. The summed E-state index contributed by atoms with van der Waals surface area (Å²) >= 11 is 0. The minimum absolute atomic E-state index is 0.314. The van der Waals surface area contributed by atoms with Crippen LogP contribution in [-0.4, -0.2) is 15.3 Å². The first-order valence-corrected chi connectivity index (χ1v) is 8.64. The smallest absolute Gasteiger partial charge is 0.256 e. The van der Waals surface area contributed by atoms with Gasteiger partial charge in [0.2, 0.25) is 0 Å². The zero-order chi connectivity index (χ0) is 19.0. The Morgan fingerprint density at radius 3 is 2.41 bits per heavy atom. The Morgan fingerprint density at radius 1 is 1.00 bits per heavy atom. The summed E-state index contributed by atoms with van der Waals surface area (Å²) < 4.78 is 15.0. The van der Waals surface area contributed by atoms with Crippen LogP contribution < -0.4 is 5.32 Å². The van der Waals surface area contributed by atoms with Gasteiger partial charge in [-0.3, -0.25) is 9.20 Å². The molecule has 27 heavy (non-hydrogen) atoms. The van der Waals surface area contributed by atoms with Crippen LogP contribution in [0.4, 0.5) is 10.2 Å². The number of carbonyl (C=O) groups is 1. The lowest BCUT2D eigenvalue weighted by molar-refractivity contribution is 0.102. The van der Waals surface area contributed by atoms with E-state index in [0.29, 0.717) is 17.1 Å². The maximum absolute atomic E-state index is 13.2. The maximum Gasteiger partial charge on any atom is 0.256 e. The Morgan fingerprint density at radius 2 is 1.70 bits per heavy atom. The van der Waals surface area contributed by atoms with Gasteiger partial charge in [-0.15, -0.1) is 0 Å². The van der Waals surface area contributed by atoms with E-state index < -0.39 is 0 Å². The second kappa shape index (κ2) is 6.68. The van der Waals surface area contributed by atoms with Crippen molar-refractivity contribution in [2.45, 2.75) is 13.8 Å². The van der Waals surface area contributed by atoms with Gasteiger partial charge >= 0.3 is 0 Å². The average Bonchev–Trinajstić information content (AvgIpc) is 3.00. The van der Waals surface area contributed by atoms with Crippen LogP contribution in [0.5, 0.6) is 0 Å². The summed E-state index contributed by atoms with van der Waals surface area (Å²) in [5, 5.41) is 2.95. The van der Waals surface area contributed by atoms with E-state index in [-0.39, 0.29) is 11.7 Å². The van der Waals surface area contributed by atoms with Gasteiger partial charge in [0.15, 0.2) is 0 Å². The molecule has 1 amide bonds. The van der Waals surface area contributed by atoms with Crippen molar-refractivity contribution in [2.24, 2.45) is 0 Å². The third-order valence-corrected chi connectivity index (χ3v) is 4.36. The number of carbonyl (C=O) groups excluding carboxylic acids is 1. The molecule has 2 aromatic carbocycles. The molecule has 2 aromatic heterocycles. The number of pyridine rings is 1. The Bertz CT molecular complexity index is 1130. The van der Waals surface area contributed by atoms with Gasteiger partial charge < -0.3 is 5.32 Å². The minimum atomic E-state index is -0.378. The molecule has 2 heterocycles. The number of nitrogens with one attached hydrogen (secondary N) is 1. The predicted molar refractivity (Wildman–Crippen MR) is 104 cm³/mol. The van der Waals surface area contributed by atoms with E-state index in [9.17, 15) is 9.18 Å². The number of aryl methyl sites for hydroxylation is 2. The zero-order valence-corrected chi connectivity index (χ0v) is 15.0. The third kappa shape index (κ3) is 3.31. The van der Waals surface area contributed by atoms with Crippen molar-refractivity contribution in [3.8, 4) is 11.3 Å². The summed E-state index contributed by atoms with van der Waals surface area (Å²) in [4.78, 5) is 17.4. The summed E-state index contributed by atoms with van der Waals surface area (Å²) in [5.74, 6) is -0.103. The molecule has 0 atom stereocenters. The van der Waals surface area contributed by atoms with Crippen LogP contribution in [0.2, 0.25) is 0 Å². The van der Waals surface area contributed by atoms with E-state index >= 15 is 0 Å². The Hall–Kier alpha value is -3.47. The zero-order valence-electron chi connectivity index (χ0n) is 15.0. The van der Waals surface area contributed by atoms with Crippen LogP contribution >= 0.6 is 0 Å². The number of benzene rings is 2. The molecule has 0 aliphatic rings. The van der Waals surface area contributed by atoms with Crippen LogP contribution in [0.1, 0.15) is 21.5 Å². The summed E-state index contributed by atoms with van der Waals surface area (Å²) in [7, 11) is 0. The number of nitrogens with zero attached hydrogens (tertiary/aromatic N) is 2. The summed E-state index contributed by atoms with van der Waals surface area (Å²) in [6.45, 7) is 4.06. The SMILES string of the molecule is Cc1cc(C)cc(-c2nc3ccccn3c2NC(=O)c2ccc(F)cc2)c1. The highest BCUT2D eigenvalue weighted by Gasteiger charge is 2.17. The average molecular weight is 359 g/mol. The molecule has 0 unspecified atom stereocenters. The second-order valence-corrected chi connectivity index (χ2v) is 6.58. The number of halogens is 1. The standard InChI is InChI=1S/C22H18FN3O/c1-14-11-15(2)13-17(12-14)20-21(26-10-4-3-5-19(26)24-20)25-22(27)16-6-8-18(23)9-7-16/h3-13H,1-2H3,(H,25,27). The van der Waals surface area contributed by atoms with E-state index in [1.165, 1.54) is 24.3 Å². The molecular weight excluding hydrogens is 341 g/mol. The number of anilines is 1. The highest BCUT2D eigenvalue weighted by atomic mass is 19.1. The van der Waals surface area contributed by atoms with Gasteiger partial charge in [-0.25, -0.2) is 9.37 Å². The monoisotopic (exact) mass is 359 g/mol. The molecule has 0 saturated heterocycles. The first-order chi connectivity index (χ1) is 13.0. The van der Waals surface area contributed by atoms with Gasteiger partial charge in [0.05, 0.1) is 0 Å². The van der Waals surface area contributed by atoms with Crippen LogP contribution in [0.3, 0.4) is 0 Å². The first-order valence-electron chi connectivity index (χ1n) is 8.64. The Kier molecular flexibility index (Phi) is 4.20. The molecule has 4 nitrogen and oxygen atoms in total. The van der Waals surface area contributed by atoms with Gasteiger partial charge in [0.25, 0.3) is 5.91 Å². The van der Waals surface area contributed by atoms with E-state index in [1.807, 2.05) is 54.8 Å². The van der Waals surface area contributed by atoms with Crippen LogP contribution in [-0.2, 0) is 0 Å². The highest BCUT2D eigenvalue weighted by Crippen LogP contribution is 2.30. The molecule has 4 rings (SSSR count). The molecule has 0 aliphatic heterocycles. The molecule has 0 spiro atoms. The van der Waals surface area contributed by atoms with E-state index in [2.05, 4.69) is 11.4 Å². The van der Waals surface area contributed by atoms with Crippen molar-refractivity contribution in [1.82, 2.24) is 9.38 Å². The molecule has 1 N–H and O–H groups in total. The Labute approximate surface area is 156 Å².